The van der Waals surface area contributed by atoms with Crippen LogP contribution in [0, 0.1) is 0 Å². The molecule has 158 valence electrons. The first kappa shape index (κ1) is 22.1. The lowest BCUT2D eigenvalue weighted by Crippen LogP contribution is -2.17. The van der Waals surface area contributed by atoms with Crippen molar-refractivity contribution in [2.45, 2.75) is 11.1 Å². The highest BCUT2D eigenvalue weighted by Gasteiger charge is 2.36. The molecule has 2 aromatic carbocycles. The Morgan fingerprint density at radius 2 is 1.80 bits per heavy atom. The zero-order chi connectivity index (χ0) is 22.3. The van der Waals surface area contributed by atoms with Gasteiger partial charge in [0.1, 0.15) is 5.69 Å². The fourth-order valence-corrected chi connectivity index (χ4v) is 3.54. The summed E-state index contributed by atoms with van der Waals surface area (Å²) in [4.78, 5) is 12.7. The van der Waals surface area contributed by atoms with E-state index in [1.807, 2.05) is 0 Å². The summed E-state index contributed by atoms with van der Waals surface area (Å²) in [6.45, 7) is 0. The van der Waals surface area contributed by atoms with E-state index in [1.54, 1.807) is 0 Å². The molecule has 0 spiro atoms. The molecule has 0 saturated carbocycles. The smallest absolute Gasteiger partial charge is 0.321 e. The van der Waals surface area contributed by atoms with E-state index < -0.39 is 33.3 Å². The van der Waals surface area contributed by atoms with Gasteiger partial charge in [-0.2, -0.15) is 18.3 Å². The molecule has 6 nitrogen and oxygen atoms in total. The van der Waals surface area contributed by atoms with Crippen molar-refractivity contribution in [2.75, 3.05) is 11.6 Å². The molecule has 0 aliphatic rings. The van der Waals surface area contributed by atoms with Gasteiger partial charge in [0, 0.05) is 23.0 Å². The van der Waals surface area contributed by atoms with Crippen LogP contribution in [0.4, 0.5) is 18.9 Å². The van der Waals surface area contributed by atoms with Crippen LogP contribution in [0.15, 0.2) is 53.4 Å². The van der Waals surface area contributed by atoms with Crippen LogP contribution >= 0.6 is 23.2 Å². The Bertz CT molecular complexity index is 1240. The van der Waals surface area contributed by atoms with Gasteiger partial charge in [-0.25, -0.2) is 13.1 Å². The number of halogens is 5. The number of carbonyl (C=O) groups is 1. The fourth-order valence-electron chi connectivity index (χ4n) is 2.51. The van der Waals surface area contributed by atoms with Crippen molar-refractivity contribution >= 4 is 44.6 Å². The standard InChI is InChI=1S/C18H12Cl2F3N3O3S/c1-30(28,29)12-4-2-3-11(8-12)24-17(27)15-9-16(18(21,22)23)25-26(15)14-7-10(19)5-6-13(14)20/h2-9H,1H3,(H,24,27). The number of nitrogens with zero attached hydrogens (tertiary/aromatic N) is 2. The summed E-state index contributed by atoms with van der Waals surface area (Å²) in [5.41, 5.74) is -1.75. The number of sulfone groups is 1. The number of aromatic nitrogens is 2. The Morgan fingerprint density at radius 1 is 1.10 bits per heavy atom. The van der Waals surface area contributed by atoms with Gasteiger partial charge in [0.15, 0.2) is 15.5 Å². The number of hydrogen-bond donors (Lipinski definition) is 1. The summed E-state index contributed by atoms with van der Waals surface area (Å²) in [5.74, 6) is -0.959. The van der Waals surface area contributed by atoms with Crippen LogP contribution in [0.2, 0.25) is 10.0 Å². The first-order valence-electron chi connectivity index (χ1n) is 8.10. The predicted octanol–water partition coefficient (Wildman–Crippen LogP) is 4.85. The van der Waals surface area contributed by atoms with Crippen LogP contribution in [0.5, 0.6) is 0 Å². The molecule has 1 heterocycles. The average molecular weight is 478 g/mol. The maximum absolute atomic E-state index is 13.2. The number of rotatable bonds is 4. The minimum atomic E-state index is -4.82. The molecule has 3 aromatic rings. The van der Waals surface area contributed by atoms with Crippen LogP contribution in [0.25, 0.3) is 5.69 Å². The van der Waals surface area contributed by atoms with Gasteiger partial charge in [-0.15, -0.1) is 0 Å². The lowest BCUT2D eigenvalue weighted by Gasteiger charge is -2.11. The van der Waals surface area contributed by atoms with Crippen LogP contribution in [-0.2, 0) is 16.0 Å². The van der Waals surface area contributed by atoms with E-state index in [0.29, 0.717) is 6.07 Å². The number of anilines is 1. The zero-order valence-electron chi connectivity index (χ0n) is 15.0. The summed E-state index contributed by atoms with van der Waals surface area (Å²) in [6.07, 6.45) is -3.83. The molecule has 0 fully saturated rings. The minimum Gasteiger partial charge on any atom is -0.321 e. The van der Waals surface area contributed by atoms with E-state index in [0.717, 1.165) is 10.9 Å². The average Bonchev–Trinajstić information content (AvgIpc) is 3.09. The van der Waals surface area contributed by atoms with Crippen LogP contribution in [-0.4, -0.2) is 30.4 Å². The highest BCUT2D eigenvalue weighted by Crippen LogP contribution is 2.32. The zero-order valence-corrected chi connectivity index (χ0v) is 17.4. The van der Waals surface area contributed by atoms with Gasteiger partial charge in [0.2, 0.25) is 0 Å². The maximum Gasteiger partial charge on any atom is 0.435 e. The van der Waals surface area contributed by atoms with E-state index in [4.69, 9.17) is 23.2 Å². The second kappa shape index (κ2) is 7.93. The van der Waals surface area contributed by atoms with E-state index in [2.05, 4.69) is 10.4 Å². The third-order valence-corrected chi connectivity index (χ3v) is 5.55. The fraction of sp³-hybridized carbons (Fsp3) is 0.111. The minimum absolute atomic E-state index is 0.0179. The third-order valence-electron chi connectivity index (χ3n) is 3.89. The van der Waals surface area contributed by atoms with Gasteiger partial charge in [0.25, 0.3) is 5.91 Å². The van der Waals surface area contributed by atoms with Crippen molar-refractivity contribution in [3.63, 3.8) is 0 Å². The van der Waals surface area contributed by atoms with Gasteiger partial charge in [-0.3, -0.25) is 4.79 Å². The lowest BCUT2D eigenvalue weighted by atomic mass is 10.2. The molecule has 0 aliphatic carbocycles. The number of alkyl halides is 3. The van der Waals surface area contributed by atoms with Gasteiger partial charge < -0.3 is 5.32 Å². The topological polar surface area (TPSA) is 81.1 Å². The molecule has 0 saturated heterocycles. The summed E-state index contributed by atoms with van der Waals surface area (Å²) in [5, 5.41) is 6.03. The molecule has 1 N–H and O–H groups in total. The molecule has 0 radical (unpaired) electrons. The molecule has 0 aliphatic heterocycles. The van der Waals surface area contributed by atoms with Crippen molar-refractivity contribution in [2.24, 2.45) is 0 Å². The summed E-state index contributed by atoms with van der Waals surface area (Å²) >= 11 is 12.0. The van der Waals surface area contributed by atoms with Gasteiger partial charge in [0.05, 0.1) is 15.6 Å². The van der Waals surface area contributed by atoms with Gasteiger partial charge in [-0.05, 0) is 36.4 Å². The number of amides is 1. The van der Waals surface area contributed by atoms with Crippen molar-refractivity contribution < 1.29 is 26.4 Å². The Morgan fingerprint density at radius 3 is 2.43 bits per heavy atom. The third kappa shape index (κ3) is 4.77. The number of carbonyl (C=O) groups excluding carboxylic acids is 1. The van der Waals surface area contributed by atoms with Gasteiger partial charge >= 0.3 is 6.18 Å². The summed E-state index contributed by atoms with van der Waals surface area (Å²) in [6, 6.07) is 9.89. The predicted molar refractivity (Wildman–Crippen MR) is 106 cm³/mol. The normalized spacial score (nSPS) is 12.1. The quantitative estimate of drug-likeness (QED) is 0.581. The van der Waals surface area contributed by atoms with E-state index >= 15 is 0 Å². The SMILES string of the molecule is CS(=O)(=O)c1cccc(NC(=O)c2cc(C(F)(F)F)nn2-c2cc(Cl)ccc2Cl)c1. The molecular weight excluding hydrogens is 466 g/mol. The number of benzene rings is 2. The molecule has 0 unspecified atom stereocenters. The van der Waals surface area contributed by atoms with Crippen molar-refractivity contribution in [3.05, 3.63) is 70.0 Å². The van der Waals surface area contributed by atoms with Crippen LogP contribution in [0.3, 0.4) is 0 Å². The molecule has 30 heavy (non-hydrogen) atoms. The highest BCUT2D eigenvalue weighted by atomic mass is 35.5. The van der Waals surface area contributed by atoms with Gasteiger partial charge in [-0.1, -0.05) is 29.3 Å². The Kier molecular flexibility index (Phi) is 5.85. The Hall–Kier alpha value is -2.56. The van der Waals surface area contributed by atoms with E-state index in [9.17, 15) is 26.4 Å². The Labute approximate surface area is 179 Å². The highest BCUT2D eigenvalue weighted by molar-refractivity contribution is 7.90. The second-order valence-corrected chi connectivity index (χ2v) is 9.03. The van der Waals surface area contributed by atoms with Crippen LogP contribution < -0.4 is 5.32 Å². The molecule has 0 atom stereocenters. The molecular formula is C18H12Cl2F3N3O3S. The number of hydrogen-bond acceptors (Lipinski definition) is 4. The first-order valence-corrected chi connectivity index (χ1v) is 10.7. The molecule has 12 heteroatoms. The van der Waals surface area contributed by atoms with E-state index in [1.165, 1.54) is 42.5 Å². The molecule has 1 aromatic heterocycles. The Balaban J connectivity index is 2.08. The maximum atomic E-state index is 13.2. The summed E-state index contributed by atoms with van der Waals surface area (Å²) in [7, 11) is -3.55. The summed E-state index contributed by atoms with van der Waals surface area (Å²) < 4.78 is 63.8. The first-order chi connectivity index (χ1) is 13.9. The van der Waals surface area contributed by atoms with Crippen LogP contribution in [0.1, 0.15) is 16.2 Å². The lowest BCUT2D eigenvalue weighted by molar-refractivity contribution is -0.141. The number of nitrogens with one attached hydrogen (secondary N) is 1. The molecule has 1 amide bonds. The monoisotopic (exact) mass is 477 g/mol. The van der Waals surface area contributed by atoms with E-state index in [-0.39, 0.29) is 26.3 Å². The van der Waals surface area contributed by atoms with Crippen molar-refractivity contribution in [1.29, 1.82) is 0 Å². The molecule has 3 rings (SSSR count). The van der Waals surface area contributed by atoms with Crippen molar-refractivity contribution in [1.82, 2.24) is 9.78 Å². The largest absolute Gasteiger partial charge is 0.435 e. The molecule has 0 bridgehead atoms. The van der Waals surface area contributed by atoms with Crippen molar-refractivity contribution in [3.8, 4) is 5.69 Å². The second-order valence-electron chi connectivity index (χ2n) is 6.17.